The number of hydrogen-bond acceptors (Lipinski definition) is 4. The standard InChI is InChI=1S/C18H29NO3/c1-4-6-11-19-12-14-22-18(20)17-15(3)9-8-10-16(17)21-13-7-5-2/h8-10,19H,4-7,11-14H2,1-3H3. The minimum absolute atomic E-state index is 0.304. The zero-order valence-electron chi connectivity index (χ0n) is 14.1. The van der Waals surface area contributed by atoms with E-state index in [1.807, 2.05) is 25.1 Å². The fourth-order valence-corrected chi connectivity index (χ4v) is 2.06. The average molecular weight is 307 g/mol. The highest BCUT2D eigenvalue weighted by molar-refractivity contribution is 5.94. The summed E-state index contributed by atoms with van der Waals surface area (Å²) in [5, 5.41) is 3.26. The summed E-state index contributed by atoms with van der Waals surface area (Å²) in [6.45, 7) is 8.82. The van der Waals surface area contributed by atoms with Crippen LogP contribution in [0.3, 0.4) is 0 Å². The molecule has 0 spiro atoms. The van der Waals surface area contributed by atoms with Crippen molar-refractivity contribution in [1.29, 1.82) is 0 Å². The molecular weight excluding hydrogens is 278 g/mol. The first-order chi connectivity index (χ1) is 10.7. The number of benzene rings is 1. The Morgan fingerprint density at radius 2 is 1.86 bits per heavy atom. The maximum atomic E-state index is 12.3. The molecule has 0 aliphatic rings. The first kappa shape index (κ1) is 18.5. The van der Waals surface area contributed by atoms with Gasteiger partial charge < -0.3 is 14.8 Å². The second-order valence-electron chi connectivity index (χ2n) is 5.39. The van der Waals surface area contributed by atoms with E-state index < -0.39 is 0 Å². The van der Waals surface area contributed by atoms with Crippen molar-refractivity contribution in [2.75, 3.05) is 26.3 Å². The topological polar surface area (TPSA) is 47.6 Å². The number of carbonyl (C=O) groups is 1. The van der Waals surface area contributed by atoms with Gasteiger partial charge in [-0.1, -0.05) is 38.8 Å². The normalized spacial score (nSPS) is 10.5. The highest BCUT2D eigenvalue weighted by Crippen LogP contribution is 2.23. The van der Waals surface area contributed by atoms with Crippen LogP contribution >= 0.6 is 0 Å². The van der Waals surface area contributed by atoms with Crippen LogP contribution in [0.5, 0.6) is 5.75 Å². The Morgan fingerprint density at radius 3 is 2.59 bits per heavy atom. The Kier molecular flexibility index (Phi) is 9.31. The Bertz CT molecular complexity index is 446. The Morgan fingerprint density at radius 1 is 1.09 bits per heavy atom. The van der Waals surface area contributed by atoms with Crippen molar-refractivity contribution >= 4 is 5.97 Å². The second kappa shape index (κ2) is 11.1. The molecule has 0 aromatic heterocycles. The second-order valence-corrected chi connectivity index (χ2v) is 5.39. The minimum Gasteiger partial charge on any atom is -0.493 e. The molecule has 0 aliphatic heterocycles. The third kappa shape index (κ3) is 6.48. The highest BCUT2D eigenvalue weighted by Gasteiger charge is 2.16. The van der Waals surface area contributed by atoms with Gasteiger partial charge in [0.05, 0.1) is 6.61 Å². The number of hydrogen-bond donors (Lipinski definition) is 1. The lowest BCUT2D eigenvalue weighted by molar-refractivity contribution is 0.0503. The molecule has 0 amide bonds. The molecule has 1 aromatic carbocycles. The van der Waals surface area contributed by atoms with Crippen molar-refractivity contribution in [3.63, 3.8) is 0 Å². The molecule has 0 atom stereocenters. The number of ether oxygens (including phenoxy) is 2. The van der Waals surface area contributed by atoms with Crippen molar-refractivity contribution in [3.8, 4) is 5.75 Å². The van der Waals surface area contributed by atoms with E-state index in [2.05, 4.69) is 19.2 Å². The number of unbranched alkanes of at least 4 members (excludes halogenated alkanes) is 2. The summed E-state index contributed by atoms with van der Waals surface area (Å²) in [6.07, 6.45) is 4.34. The van der Waals surface area contributed by atoms with Crippen LogP contribution in [0.15, 0.2) is 18.2 Å². The Hall–Kier alpha value is -1.55. The van der Waals surface area contributed by atoms with Crippen LogP contribution < -0.4 is 10.1 Å². The number of carbonyl (C=O) groups excluding carboxylic acids is 1. The molecule has 0 saturated heterocycles. The number of aryl methyl sites for hydroxylation is 1. The van der Waals surface area contributed by atoms with E-state index in [4.69, 9.17) is 9.47 Å². The van der Waals surface area contributed by atoms with Gasteiger partial charge in [0.25, 0.3) is 0 Å². The summed E-state index contributed by atoms with van der Waals surface area (Å²) < 4.78 is 11.1. The molecule has 0 bridgehead atoms. The predicted octanol–water partition coefficient (Wildman–Crippen LogP) is 3.72. The Balaban J connectivity index is 2.52. The molecule has 0 fully saturated rings. The lowest BCUT2D eigenvalue weighted by atomic mass is 10.1. The molecule has 1 N–H and O–H groups in total. The van der Waals surface area contributed by atoms with Crippen LogP contribution in [0.1, 0.15) is 55.5 Å². The zero-order chi connectivity index (χ0) is 16.2. The van der Waals surface area contributed by atoms with E-state index in [0.29, 0.717) is 31.1 Å². The van der Waals surface area contributed by atoms with Gasteiger partial charge in [-0.05, 0) is 37.9 Å². The molecule has 1 rings (SSSR count). The van der Waals surface area contributed by atoms with Gasteiger partial charge >= 0.3 is 5.97 Å². The molecule has 0 aliphatic carbocycles. The van der Waals surface area contributed by atoms with Crippen molar-refractivity contribution in [1.82, 2.24) is 5.32 Å². The van der Waals surface area contributed by atoms with Gasteiger partial charge in [-0.25, -0.2) is 4.79 Å². The van der Waals surface area contributed by atoms with Crippen LogP contribution in [0.4, 0.5) is 0 Å². The SMILES string of the molecule is CCCCNCCOC(=O)c1c(C)cccc1OCCCC. The summed E-state index contributed by atoms with van der Waals surface area (Å²) in [5.41, 5.74) is 1.44. The first-order valence-corrected chi connectivity index (χ1v) is 8.31. The van der Waals surface area contributed by atoms with Crippen LogP contribution in [0.25, 0.3) is 0 Å². The third-order valence-electron chi connectivity index (χ3n) is 3.41. The van der Waals surface area contributed by atoms with Crippen molar-refractivity contribution in [3.05, 3.63) is 29.3 Å². The van der Waals surface area contributed by atoms with Crippen molar-refractivity contribution < 1.29 is 14.3 Å². The summed E-state index contributed by atoms with van der Waals surface area (Å²) >= 11 is 0. The summed E-state index contributed by atoms with van der Waals surface area (Å²) in [7, 11) is 0. The van der Waals surface area contributed by atoms with Gasteiger partial charge in [0.2, 0.25) is 0 Å². The molecule has 1 aromatic rings. The number of nitrogens with one attached hydrogen (secondary N) is 1. The molecule has 0 unspecified atom stereocenters. The van der Waals surface area contributed by atoms with Crippen molar-refractivity contribution in [2.24, 2.45) is 0 Å². The summed E-state index contributed by atoms with van der Waals surface area (Å²) in [4.78, 5) is 12.3. The van der Waals surface area contributed by atoms with E-state index in [1.165, 1.54) is 0 Å². The molecule has 0 heterocycles. The van der Waals surface area contributed by atoms with Gasteiger partial charge in [0.1, 0.15) is 17.9 Å². The smallest absolute Gasteiger partial charge is 0.342 e. The van der Waals surface area contributed by atoms with Gasteiger partial charge in [-0.2, -0.15) is 0 Å². The maximum absolute atomic E-state index is 12.3. The van der Waals surface area contributed by atoms with Crippen LogP contribution in [-0.2, 0) is 4.74 Å². The fourth-order valence-electron chi connectivity index (χ4n) is 2.06. The molecule has 22 heavy (non-hydrogen) atoms. The minimum atomic E-state index is -0.304. The third-order valence-corrected chi connectivity index (χ3v) is 3.41. The maximum Gasteiger partial charge on any atom is 0.342 e. The molecule has 0 radical (unpaired) electrons. The zero-order valence-corrected chi connectivity index (χ0v) is 14.1. The Labute approximate surface area is 134 Å². The lowest BCUT2D eigenvalue weighted by Crippen LogP contribution is -2.22. The van der Waals surface area contributed by atoms with E-state index in [0.717, 1.165) is 37.8 Å². The highest BCUT2D eigenvalue weighted by atomic mass is 16.5. The van der Waals surface area contributed by atoms with E-state index in [1.54, 1.807) is 0 Å². The molecule has 0 saturated carbocycles. The molecule has 4 nitrogen and oxygen atoms in total. The first-order valence-electron chi connectivity index (χ1n) is 8.31. The monoisotopic (exact) mass is 307 g/mol. The van der Waals surface area contributed by atoms with Crippen molar-refractivity contribution in [2.45, 2.75) is 46.5 Å². The van der Waals surface area contributed by atoms with Gasteiger partial charge in [0, 0.05) is 6.54 Å². The van der Waals surface area contributed by atoms with Crippen LogP contribution in [0, 0.1) is 6.92 Å². The number of esters is 1. The van der Waals surface area contributed by atoms with E-state index in [-0.39, 0.29) is 5.97 Å². The average Bonchev–Trinajstić information content (AvgIpc) is 2.51. The molecule has 124 valence electrons. The van der Waals surface area contributed by atoms with Crippen LogP contribution in [-0.4, -0.2) is 32.3 Å². The van der Waals surface area contributed by atoms with Gasteiger partial charge in [-0.3, -0.25) is 0 Å². The predicted molar refractivity (Wildman–Crippen MR) is 89.6 cm³/mol. The largest absolute Gasteiger partial charge is 0.493 e. The molecule has 4 heteroatoms. The summed E-state index contributed by atoms with van der Waals surface area (Å²) in [5.74, 6) is 0.319. The van der Waals surface area contributed by atoms with E-state index in [9.17, 15) is 4.79 Å². The lowest BCUT2D eigenvalue weighted by Gasteiger charge is -2.13. The van der Waals surface area contributed by atoms with E-state index >= 15 is 0 Å². The summed E-state index contributed by atoms with van der Waals surface area (Å²) in [6, 6.07) is 5.64. The number of rotatable bonds is 11. The molecular formula is C18H29NO3. The quantitative estimate of drug-likeness (QED) is 0.500. The van der Waals surface area contributed by atoms with Crippen LogP contribution in [0.2, 0.25) is 0 Å². The van der Waals surface area contributed by atoms with Gasteiger partial charge in [0.15, 0.2) is 0 Å². The van der Waals surface area contributed by atoms with Gasteiger partial charge in [-0.15, -0.1) is 0 Å². The fraction of sp³-hybridized carbons (Fsp3) is 0.611.